The highest BCUT2D eigenvalue weighted by Crippen LogP contribution is 2.35. The van der Waals surface area contributed by atoms with Crippen LogP contribution in [0.25, 0.3) is 5.69 Å². The number of para-hydroxylation sites is 1. The Labute approximate surface area is 159 Å². The molecule has 0 spiro atoms. The summed E-state index contributed by atoms with van der Waals surface area (Å²) in [6.07, 6.45) is 9.71. The molecule has 2 aromatic carbocycles. The van der Waals surface area contributed by atoms with Gasteiger partial charge in [-0.25, -0.2) is 4.68 Å². The van der Waals surface area contributed by atoms with Gasteiger partial charge in [0.2, 0.25) is 0 Å². The van der Waals surface area contributed by atoms with Crippen molar-refractivity contribution < 1.29 is 0 Å². The zero-order valence-corrected chi connectivity index (χ0v) is 15.2. The average molecular weight is 354 g/mol. The molecule has 1 aliphatic heterocycles. The van der Waals surface area contributed by atoms with Gasteiger partial charge >= 0.3 is 0 Å². The zero-order chi connectivity index (χ0) is 18.1. The van der Waals surface area contributed by atoms with Crippen LogP contribution in [0.5, 0.6) is 0 Å². The summed E-state index contributed by atoms with van der Waals surface area (Å²) in [5.74, 6) is 0. The third-order valence-corrected chi connectivity index (χ3v) is 5.41. The fraction of sp³-hybridized carbons (Fsp3) is 0.217. The highest BCUT2D eigenvalue weighted by molar-refractivity contribution is 6.08. The van der Waals surface area contributed by atoms with Gasteiger partial charge < -0.3 is 0 Å². The number of hydrazone groups is 1. The highest BCUT2D eigenvalue weighted by atomic mass is 15.5. The number of rotatable bonds is 3. The van der Waals surface area contributed by atoms with E-state index in [1.54, 1.807) is 0 Å². The van der Waals surface area contributed by atoms with Crippen LogP contribution in [0, 0.1) is 0 Å². The van der Waals surface area contributed by atoms with Gasteiger partial charge in [-0.2, -0.15) is 10.2 Å². The van der Waals surface area contributed by atoms with Crippen LogP contribution in [0.1, 0.15) is 35.7 Å². The molecule has 2 aliphatic rings. The molecule has 0 N–H and O–H groups in total. The third kappa shape index (κ3) is 2.97. The van der Waals surface area contributed by atoms with Gasteiger partial charge in [-0.05, 0) is 54.7 Å². The molecular formula is C23H22N4. The van der Waals surface area contributed by atoms with E-state index >= 15 is 0 Å². The highest BCUT2D eigenvalue weighted by Gasteiger charge is 2.26. The summed E-state index contributed by atoms with van der Waals surface area (Å²) < 4.78 is 1.96. The molecule has 1 atom stereocenters. The molecule has 1 unspecified atom stereocenters. The summed E-state index contributed by atoms with van der Waals surface area (Å²) in [6.45, 7) is 0.849. The molecule has 0 saturated heterocycles. The molecule has 3 aromatic rings. The summed E-state index contributed by atoms with van der Waals surface area (Å²) in [5.41, 5.74) is 5.93. The first-order valence-electron chi connectivity index (χ1n) is 9.59. The minimum atomic E-state index is 0.350. The number of benzene rings is 2. The molecule has 0 radical (unpaired) electrons. The lowest BCUT2D eigenvalue weighted by Crippen LogP contribution is -2.30. The Hall–Kier alpha value is -3.14. The summed E-state index contributed by atoms with van der Waals surface area (Å²) >= 11 is 0. The maximum atomic E-state index is 5.04. The first-order chi connectivity index (χ1) is 13.4. The third-order valence-electron chi connectivity index (χ3n) is 5.41. The normalized spacial score (nSPS) is 18.9. The molecule has 5 rings (SSSR count). The molecule has 134 valence electrons. The van der Waals surface area contributed by atoms with Crippen molar-refractivity contribution in [2.75, 3.05) is 6.54 Å². The maximum Gasteiger partial charge on any atom is 0.109 e. The topological polar surface area (TPSA) is 33.4 Å². The van der Waals surface area contributed by atoms with Crippen molar-refractivity contribution in [3.05, 3.63) is 95.8 Å². The second-order valence-corrected chi connectivity index (χ2v) is 7.08. The first-order valence-corrected chi connectivity index (χ1v) is 9.59. The Balaban J connectivity index is 1.50. The predicted octanol–water partition coefficient (Wildman–Crippen LogP) is 4.53. The van der Waals surface area contributed by atoms with Crippen molar-refractivity contribution in [3.63, 3.8) is 0 Å². The Bertz CT molecular complexity index is 1000. The van der Waals surface area contributed by atoms with E-state index in [2.05, 4.69) is 58.7 Å². The molecule has 4 nitrogen and oxygen atoms in total. The average Bonchev–Trinajstić information content (AvgIpc) is 3.24. The second-order valence-electron chi connectivity index (χ2n) is 7.08. The fourth-order valence-electron chi connectivity index (χ4n) is 4.13. The molecule has 0 saturated carbocycles. The van der Waals surface area contributed by atoms with Gasteiger partial charge in [0, 0.05) is 0 Å². The fourth-order valence-corrected chi connectivity index (χ4v) is 4.13. The summed E-state index contributed by atoms with van der Waals surface area (Å²) in [5, 5.41) is 11.8. The molecule has 1 aliphatic carbocycles. The molecule has 4 heteroatoms. The van der Waals surface area contributed by atoms with Gasteiger partial charge in [0.05, 0.1) is 30.2 Å². The predicted molar refractivity (Wildman–Crippen MR) is 108 cm³/mol. The lowest BCUT2D eigenvalue weighted by Gasteiger charge is -2.35. The smallest absolute Gasteiger partial charge is 0.109 e. The molecule has 0 amide bonds. The monoisotopic (exact) mass is 354 g/mol. The van der Waals surface area contributed by atoms with Crippen LogP contribution >= 0.6 is 0 Å². The van der Waals surface area contributed by atoms with E-state index in [9.17, 15) is 0 Å². The van der Waals surface area contributed by atoms with Crippen LogP contribution < -0.4 is 0 Å². The lowest BCUT2D eigenvalue weighted by molar-refractivity contribution is 0.205. The van der Waals surface area contributed by atoms with E-state index in [0.717, 1.165) is 30.1 Å². The quantitative estimate of drug-likeness (QED) is 0.692. The van der Waals surface area contributed by atoms with E-state index in [1.165, 1.54) is 24.0 Å². The molecule has 0 bridgehead atoms. The van der Waals surface area contributed by atoms with Crippen molar-refractivity contribution in [2.45, 2.75) is 25.3 Å². The van der Waals surface area contributed by atoms with Crippen molar-refractivity contribution in [2.24, 2.45) is 5.10 Å². The van der Waals surface area contributed by atoms with Crippen molar-refractivity contribution in [1.29, 1.82) is 0 Å². The number of hydrogen-bond donors (Lipinski definition) is 0. The number of aryl methyl sites for hydroxylation is 1. The van der Waals surface area contributed by atoms with Gasteiger partial charge in [-0.1, -0.05) is 48.5 Å². The largest absolute Gasteiger partial charge is 0.285 e. The van der Waals surface area contributed by atoms with E-state index in [4.69, 9.17) is 5.10 Å². The standard InChI is InChI=1S/C23H22N4/c1-2-10-19(11-3-1)27-23(15-16-24-27)21-13-7-17-26(25-21)22-14-6-9-18-8-4-5-12-20(18)22/h1-5,7-8,10-13,15-16,22H,6,9,14,17H2. The van der Waals surface area contributed by atoms with E-state index < -0.39 is 0 Å². The number of fused-ring (bicyclic) bond motifs is 1. The first kappa shape index (κ1) is 16.1. The van der Waals surface area contributed by atoms with Crippen LogP contribution in [0.2, 0.25) is 0 Å². The van der Waals surface area contributed by atoms with E-state index in [1.807, 2.05) is 35.1 Å². The van der Waals surface area contributed by atoms with Crippen LogP contribution in [-0.4, -0.2) is 27.0 Å². The Kier molecular flexibility index (Phi) is 4.09. The zero-order valence-electron chi connectivity index (χ0n) is 15.2. The number of allylic oxidation sites excluding steroid dienone is 1. The maximum absolute atomic E-state index is 5.04. The SMILES string of the molecule is C1=CC(c2ccnn2-c2ccccc2)=NN(C2CCCc3ccccc32)C1. The molecule has 27 heavy (non-hydrogen) atoms. The molecule has 1 aromatic heterocycles. The lowest BCUT2D eigenvalue weighted by atomic mass is 9.87. The van der Waals surface area contributed by atoms with Gasteiger partial charge in [0.25, 0.3) is 0 Å². The van der Waals surface area contributed by atoms with Crippen molar-refractivity contribution in [3.8, 4) is 5.69 Å². The van der Waals surface area contributed by atoms with Gasteiger partial charge in [-0.15, -0.1) is 0 Å². The number of hydrogen-bond acceptors (Lipinski definition) is 3. The van der Waals surface area contributed by atoms with Crippen LogP contribution in [0.4, 0.5) is 0 Å². The van der Waals surface area contributed by atoms with Crippen molar-refractivity contribution in [1.82, 2.24) is 14.8 Å². The summed E-state index contributed by atoms with van der Waals surface area (Å²) in [4.78, 5) is 0. The molecule has 2 heterocycles. The van der Waals surface area contributed by atoms with Crippen molar-refractivity contribution >= 4 is 5.71 Å². The van der Waals surface area contributed by atoms with E-state index in [-0.39, 0.29) is 0 Å². The molecular weight excluding hydrogens is 332 g/mol. The van der Waals surface area contributed by atoms with Crippen LogP contribution in [-0.2, 0) is 6.42 Å². The van der Waals surface area contributed by atoms with Crippen LogP contribution in [0.3, 0.4) is 0 Å². The number of aromatic nitrogens is 2. The Morgan fingerprint density at radius 3 is 2.70 bits per heavy atom. The minimum absolute atomic E-state index is 0.350. The summed E-state index contributed by atoms with van der Waals surface area (Å²) in [7, 11) is 0. The van der Waals surface area contributed by atoms with Gasteiger partial charge in [-0.3, -0.25) is 5.01 Å². The minimum Gasteiger partial charge on any atom is -0.285 e. The van der Waals surface area contributed by atoms with Gasteiger partial charge in [0.1, 0.15) is 5.71 Å². The molecule has 0 fully saturated rings. The van der Waals surface area contributed by atoms with Gasteiger partial charge in [0.15, 0.2) is 0 Å². The second kappa shape index (κ2) is 6.88. The Morgan fingerprint density at radius 2 is 1.78 bits per heavy atom. The number of nitrogens with zero attached hydrogens (tertiary/aromatic N) is 4. The van der Waals surface area contributed by atoms with E-state index in [0.29, 0.717) is 6.04 Å². The van der Waals surface area contributed by atoms with Crippen LogP contribution in [0.15, 0.2) is 84.1 Å². The Morgan fingerprint density at radius 1 is 0.926 bits per heavy atom. The summed E-state index contributed by atoms with van der Waals surface area (Å²) in [6, 6.07) is 21.4.